The van der Waals surface area contributed by atoms with Crippen LogP contribution >= 0.6 is 0 Å². The van der Waals surface area contributed by atoms with Crippen LogP contribution in [0.2, 0.25) is 0 Å². The summed E-state index contributed by atoms with van der Waals surface area (Å²) < 4.78 is 5.24. The third kappa shape index (κ3) is 9.70. The van der Waals surface area contributed by atoms with Crippen molar-refractivity contribution >= 4 is 0 Å². The maximum Gasteiger partial charge on any atom is 0.0644 e. The van der Waals surface area contributed by atoms with Crippen LogP contribution in [0.3, 0.4) is 0 Å². The fourth-order valence-electron chi connectivity index (χ4n) is 0.974. The van der Waals surface area contributed by atoms with E-state index in [4.69, 9.17) is 4.74 Å². The quantitative estimate of drug-likeness (QED) is 0.387. The lowest BCUT2D eigenvalue weighted by atomic mass is 10.2. The number of ether oxygens (including phenoxy) is 1. The average molecular weight is 156 g/mol. The van der Waals surface area contributed by atoms with Gasteiger partial charge in [-0.1, -0.05) is 38.7 Å². The second-order valence-electron chi connectivity index (χ2n) is 2.78. The zero-order chi connectivity index (χ0) is 8.36. The van der Waals surface area contributed by atoms with E-state index in [0.29, 0.717) is 6.61 Å². The first kappa shape index (κ1) is 10.7. The van der Waals surface area contributed by atoms with Gasteiger partial charge in [0.05, 0.1) is 6.61 Å². The molecule has 0 saturated heterocycles. The molecule has 0 aromatic carbocycles. The van der Waals surface area contributed by atoms with Crippen molar-refractivity contribution in [1.29, 1.82) is 0 Å². The number of unbranched alkanes of at least 4 members (excludes halogenated alkanes) is 4. The Kier molecular flexibility index (Phi) is 9.44. The molecule has 0 aromatic heterocycles. The van der Waals surface area contributed by atoms with Crippen LogP contribution in [-0.4, -0.2) is 13.2 Å². The van der Waals surface area contributed by atoms with Gasteiger partial charge in [0.25, 0.3) is 0 Å². The second-order valence-corrected chi connectivity index (χ2v) is 2.78. The molecule has 66 valence electrons. The molecule has 0 heterocycles. The fraction of sp³-hybridized carbons (Fsp3) is 0.800. The molecule has 0 saturated carbocycles. The van der Waals surface area contributed by atoms with E-state index in [1.807, 2.05) is 0 Å². The highest BCUT2D eigenvalue weighted by Crippen LogP contribution is 2.01. The van der Waals surface area contributed by atoms with Crippen LogP contribution in [0.15, 0.2) is 12.7 Å². The summed E-state index contributed by atoms with van der Waals surface area (Å²) in [5.41, 5.74) is 0. The molecule has 0 bridgehead atoms. The maximum absolute atomic E-state index is 5.24. The Bertz CT molecular complexity index is 78.9. The zero-order valence-corrected chi connectivity index (χ0v) is 7.64. The second kappa shape index (κ2) is 9.70. The Morgan fingerprint density at radius 3 is 2.55 bits per heavy atom. The van der Waals surface area contributed by atoms with Crippen LogP contribution < -0.4 is 0 Å². The van der Waals surface area contributed by atoms with Crippen molar-refractivity contribution in [2.45, 2.75) is 39.0 Å². The van der Waals surface area contributed by atoms with Gasteiger partial charge in [-0.15, -0.1) is 6.58 Å². The Balaban J connectivity index is 2.74. The van der Waals surface area contributed by atoms with E-state index >= 15 is 0 Å². The molecule has 0 aliphatic heterocycles. The first-order valence-corrected chi connectivity index (χ1v) is 4.60. The minimum Gasteiger partial charge on any atom is -0.377 e. The Hall–Kier alpha value is -0.300. The summed E-state index contributed by atoms with van der Waals surface area (Å²) in [7, 11) is 0. The molecule has 0 unspecified atom stereocenters. The Morgan fingerprint density at radius 2 is 1.91 bits per heavy atom. The molecular weight excluding hydrogens is 136 g/mol. The minimum atomic E-state index is 0.702. The lowest BCUT2D eigenvalue weighted by Crippen LogP contribution is -1.93. The summed E-state index contributed by atoms with van der Waals surface area (Å²) in [6.07, 6.45) is 8.34. The van der Waals surface area contributed by atoms with E-state index in [2.05, 4.69) is 13.5 Å². The molecule has 0 aliphatic carbocycles. The topological polar surface area (TPSA) is 9.23 Å². The summed E-state index contributed by atoms with van der Waals surface area (Å²) in [4.78, 5) is 0. The summed E-state index contributed by atoms with van der Waals surface area (Å²) in [6.45, 7) is 7.41. The highest BCUT2D eigenvalue weighted by atomic mass is 16.5. The van der Waals surface area contributed by atoms with Gasteiger partial charge in [-0.2, -0.15) is 0 Å². The molecule has 11 heavy (non-hydrogen) atoms. The molecular formula is C10H20O. The molecule has 0 N–H and O–H groups in total. The van der Waals surface area contributed by atoms with Crippen LogP contribution in [0, 0.1) is 0 Å². The molecule has 0 aliphatic rings. The maximum atomic E-state index is 5.24. The summed E-state index contributed by atoms with van der Waals surface area (Å²) in [6, 6.07) is 0. The monoisotopic (exact) mass is 156 g/mol. The lowest BCUT2D eigenvalue weighted by molar-refractivity contribution is 0.157. The smallest absolute Gasteiger partial charge is 0.0644 e. The highest BCUT2D eigenvalue weighted by molar-refractivity contribution is 4.63. The van der Waals surface area contributed by atoms with Gasteiger partial charge in [0.15, 0.2) is 0 Å². The molecule has 0 aromatic rings. The molecule has 1 heteroatoms. The molecule has 0 spiro atoms. The van der Waals surface area contributed by atoms with Crippen molar-refractivity contribution in [3.63, 3.8) is 0 Å². The van der Waals surface area contributed by atoms with Gasteiger partial charge in [0.2, 0.25) is 0 Å². The Labute approximate surface area is 70.4 Å². The molecule has 0 radical (unpaired) electrons. The van der Waals surface area contributed by atoms with E-state index in [1.54, 1.807) is 6.08 Å². The van der Waals surface area contributed by atoms with E-state index in [0.717, 1.165) is 6.61 Å². The molecule has 0 amide bonds. The van der Waals surface area contributed by atoms with Crippen molar-refractivity contribution in [3.05, 3.63) is 12.7 Å². The first-order valence-electron chi connectivity index (χ1n) is 4.60. The van der Waals surface area contributed by atoms with Gasteiger partial charge in [-0.05, 0) is 6.42 Å². The van der Waals surface area contributed by atoms with Gasteiger partial charge in [0.1, 0.15) is 0 Å². The van der Waals surface area contributed by atoms with Crippen LogP contribution in [0.5, 0.6) is 0 Å². The van der Waals surface area contributed by atoms with Crippen LogP contribution in [0.25, 0.3) is 0 Å². The SMILES string of the molecule is C=CCOCCCCCCC. The largest absolute Gasteiger partial charge is 0.377 e. The van der Waals surface area contributed by atoms with Gasteiger partial charge >= 0.3 is 0 Å². The van der Waals surface area contributed by atoms with E-state index < -0.39 is 0 Å². The van der Waals surface area contributed by atoms with Crippen LogP contribution in [0.1, 0.15) is 39.0 Å². The van der Waals surface area contributed by atoms with Crippen molar-refractivity contribution in [3.8, 4) is 0 Å². The number of rotatable bonds is 8. The third-order valence-corrected chi connectivity index (χ3v) is 1.63. The summed E-state index contributed by atoms with van der Waals surface area (Å²) >= 11 is 0. The first-order chi connectivity index (χ1) is 5.41. The molecule has 0 rings (SSSR count). The lowest BCUT2D eigenvalue weighted by Gasteiger charge is -2.00. The van der Waals surface area contributed by atoms with E-state index in [-0.39, 0.29) is 0 Å². The summed E-state index contributed by atoms with van der Waals surface area (Å²) in [5.74, 6) is 0. The summed E-state index contributed by atoms with van der Waals surface area (Å²) in [5, 5.41) is 0. The highest BCUT2D eigenvalue weighted by Gasteiger charge is 1.87. The van der Waals surface area contributed by atoms with Crippen LogP contribution in [-0.2, 0) is 4.74 Å². The number of hydrogen-bond acceptors (Lipinski definition) is 1. The van der Waals surface area contributed by atoms with Gasteiger partial charge in [-0.3, -0.25) is 0 Å². The minimum absolute atomic E-state index is 0.702. The standard InChI is InChI=1S/C10H20O/c1-3-5-6-7-8-10-11-9-4-2/h4H,2-3,5-10H2,1H3. The van der Waals surface area contributed by atoms with E-state index in [1.165, 1.54) is 32.1 Å². The van der Waals surface area contributed by atoms with Crippen molar-refractivity contribution in [2.24, 2.45) is 0 Å². The van der Waals surface area contributed by atoms with Crippen molar-refractivity contribution < 1.29 is 4.74 Å². The molecule has 1 nitrogen and oxygen atoms in total. The zero-order valence-electron chi connectivity index (χ0n) is 7.64. The van der Waals surface area contributed by atoms with Gasteiger partial charge < -0.3 is 4.74 Å². The van der Waals surface area contributed by atoms with Crippen LogP contribution in [0.4, 0.5) is 0 Å². The predicted octanol–water partition coefficient (Wildman–Crippen LogP) is 3.16. The van der Waals surface area contributed by atoms with E-state index in [9.17, 15) is 0 Å². The van der Waals surface area contributed by atoms with Gasteiger partial charge in [0, 0.05) is 6.61 Å². The van der Waals surface area contributed by atoms with Crippen molar-refractivity contribution in [1.82, 2.24) is 0 Å². The third-order valence-electron chi connectivity index (χ3n) is 1.63. The normalized spacial score (nSPS) is 9.91. The molecule has 0 atom stereocenters. The Morgan fingerprint density at radius 1 is 1.18 bits per heavy atom. The van der Waals surface area contributed by atoms with Crippen molar-refractivity contribution in [2.75, 3.05) is 13.2 Å². The number of hydrogen-bond donors (Lipinski definition) is 0. The average Bonchev–Trinajstić information content (AvgIpc) is 2.03. The van der Waals surface area contributed by atoms with Gasteiger partial charge in [-0.25, -0.2) is 0 Å². The predicted molar refractivity (Wildman–Crippen MR) is 49.8 cm³/mol. The molecule has 0 fully saturated rings. The fourth-order valence-corrected chi connectivity index (χ4v) is 0.974.